The largest absolute Gasteiger partial charge is 0.484 e. The molecule has 0 fully saturated rings. The zero-order valence-corrected chi connectivity index (χ0v) is 14.0. The number of hydrogen-bond acceptors (Lipinski definition) is 3. The van der Waals surface area contributed by atoms with Crippen molar-refractivity contribution < 1.29 is 13.9 Å². The van der Waals surface area contributed by atoms with Crippen molar-refractivity contribution >= 4 is 16.9 Å². The molecular formula is C20H21NO3. The Morgan fingerprint density at radius 1 is 1.12 bits per heavy atom. The minimum absolute atomic E-state index is 0.0179. The van der Waals surface area contributed by atoms with Gasteiger partial charge in [-0.25, -0.2) is 0 Å². The van der Waals surface area contributed by atoms with Crippen LogP contribution in [0.15, 0.2) is 52.9 Å². The molecule has 0 unspecified atom stereocenters. The van der Waals surface area contributed by atoms with Crippen LogP contribution in [0.1, 0.15) is 16.9 Å². The highest BCUT2D eigenvalue weighted by molar-refractivity contribution is 5.78. The Bertz CT molecular complexity index is 818. The van der Waals surface area contributed by atoms with Crippen molar-refractivity contribution in [3.8, 4) is 5.75 Å². The Labute approximate surface area is 141 Å². The van der Waals surface area contributed by atoms with Crippen molar-refractivity contribution in [3.05, 3.63) is 65.4 Å². The smallest absolute Gasteiger partial charge is 0.257 e. The summed E-state index contributed by atoms with van der Waals surface area (Å²) in [5, 5.41) is 3.93. The molecule has 0 aliphatic heterocycles. The van der Waals surface area contributed by atoms with Gasteiger partial charge in [0, 0.05) is 18.4 Å². The summed E-state index contributed by atoms with van der Waals surface area (Å²) in [5.41, 5.74) is 3.08. The maximum absolute atomic E-state index is 11.9. The third kappa shape index (κ3) is 3.96. The molecule has 0 radical (unpaired) electrons. The lowest BCUT2D eigenvalue weighted by molar-refractivity contribution is -0.123. The number of fused-ring (bicyclic) bond motifs is 1. The van der Waals surface area contributed by atoms with E-state index in [1.807, 2.05) is 62.4 Å². The molecule has 0 saturated carbocycles. The normalized spacial score (nSPS) is 10.8. The molecule has 1 amide bonds. The first-order chi connectivity index (χ1) is 11.6. The standard InChI is InChI=1S/C20H21NO3/c1-14-7-8-18(15(2)11-14)23-13-20(22)21-10-9-17-12-16-5-3-4-6-19(16)24-17/h3-8,11-12H,9-10,13H2,1-2H3,(H,21,22). The van der Waals surface area contributed by atoms with E-state index in [1.165, 1.54) is 5.56 Å². The third-order valence-electron chi connectivity index (χ3n) is 3.86. The number of furan rings is 1. The number of benzene rings is 2. The van der Waals surface area contributed by atoms with E-state index in [0.29, 0.717) is 13.0 Å². The van der Waals surface area contributed by atoms with E-state index in [9.17, 15) is 4.79 Å². The lowest BCUT2D eigenvalue weighted by Crippen LogP contribution is -2.30. The molecule has 0 atom stereocenters. The lowest BCUT2D eigenvalue weighted by atomic mass is 10.1. The van der Waals surface area contributed by atoms with Gasteiger partial charge in [-0.05, 0) is 37.6 Å². The number of amides is 1. The Balaban J connectivity index is 1.45. The maximum atomic E-state index is 11.9. The first kappa shape index (κ1) is 16.1. The van der Waals surface area contributed by atoms with Crippen LogP contribution in [0.2, 0.25) is 0 Å². The van der Waals surface area contributed by atoms with Gasteiger partial charge < -0.3 is 14.5 Å². The number of nitrogens with one attached hydrogen (secondary N) is 1. The summed E-state index contributed by atoms with van der Waals surface area (Å²) in [6, 6.07) is 15.8. The summed E-state index contributed by atoms with van der Waals surface area (Å²) in [6.45, 7) is 4.54. The summed E-state index contributed by atoms with van der Waals surface area (Å²) >= 11 is 0. The van der Waals surface area contributed by atoms with E-state index < -0.39 is 0 Å². The molecule has 1 aromatic heterocycles. The number of para-hydroxylation sites is 1. The van der Waals surface area contributed by atoms with Crippen LogP contribution in [0, 0.1) is 13.8 Å². The zero-order chi connectivity index (χ0) is 16.9. The second kappa shape index (κ2) is 7.21. The maximum Gasteiger partial charge on any atom is 0.257 e. The zero-order valence-electron chi connectivity index (χ0n) is 14.0. The predicted octanol–water partition coefficient (Wildman–Crippen LogP) is 3.79. The van der Waals surface area contributed by atoms with Gasteiger partial charge >= 0.3 is 0 Å². The topological polar surface area (TPSA) is 51.5 Å². The third-order valence-corrected chi connectivity index (χ3v) is 3.86. The average Bonchev–Trinajstić information content (AvgIpc) is 2.96. The van der Waals surface area contributed by atoms with E-state index in [2.05, 4.69) is 5.32 Å². The van der Waals surface area contributed by atoms with Gasteiger partial charge in [-0.1, -0.05) is 35.9 Å². The highest BCUT2D eigenvalue weighted by Crippen LogP contribution is 2.19. The monoisotopic (exact) mass is 323 g/mol. The average molecular weight is 323 g/mol. The van der Waals surface area contributed by atoms with Gasteiger partial charge in [0.05, 0.1) is 0 Å². The molecule has 1 N–H and O–H groups in total. The number of carbonyl (C=O) groups excluding carboxylic acids is 1. The highest BCUT2D eigenvalue weighted by Gasteiger charge is 2.06. The molecule has 124 valence electrons. The summed E-state index contributed by atoms with van der Waals surface area (Å²) in [7, 11) is 0. The number of carbonyl (C=O) groups is 1. The molecule has 0 bridgehead atoms. The van der Waals surface area contributed by atoms with Crippen LogP contribution in [-0.2, 0) is 11.2 Å². The van der Waals surface area contributed by atoms with Crippen LogP contribution < -0.4 is 10.1 Å². The van der Waals surface area contributed by atoms with E-state index in [1.54, 1.807) is 0 Å². The first-order valence-electron chi connectivity index (χ1n) is 8.06. The molecule has 4 nitrogen and oxygen atoms in total. The van der Waals surface area contributed by atoms with Gasteiger partial charge in [-0.15, -0.1) is 0 Å². The highest BCUT2D eigenvalue weighted by atomic mass is 16.5. The van der Waals surface area contributed by atoms with Gasteiger partial charge in [0.25, 0.3) is 5.91 Å². The lowest BCUT2D eigenvalue weighted by Gasteiger charge is -2.09. The second-order valence-corrected chi connectivity index (χ2v) is 5.91. The summed E-state index contributed by atoms with van der Waals surface area (Å²) in [5.74, 6) is 1.48. The molecule has 0 saturated heterocycles. The van der Waals surface area contributed by atoms with Gasteiger partial charge in [0.15, 0.2) is 6.61 Å². The number of hydrogen-bond donors (Lipinski definition) is 1. The molecule has 2 aromatic carbocycles. The van der Waals surface area contributed by atoms with E-state index in [0.717, 1.165) is 28.0 Å². The van der Waals surface area contributed by atoms with Crippen molar-refractivity contribution in [2.75, 3.05) is 13.2 Å². The minimum Gasteiger partial charge on any atom is -0.484 e. The predicted molar refractivity (Wildman–Crippen MR) is 94.3 cm³/mol. The molecule has 24 heavy (non-hydrogen) atoms. The molecule has 1 heterocycles. The first-order valence-corrected chi connectivity index (χ1v) is 8.06. The van der Waals surface area contributed by atoms with Crippen molar-refractivity contribution in [3.63, 3.8) is 0 Å². The van der Waals surface area contributed by atoms with Crippen LogP contribution in [-0.4, -0.2) is 19.1 Å². The van der Waals surface area contributed by atoms with E-state index in [-0.39, 0.29) is 12.5 Å². The minimum atomic E-state index is -0.133. The van der Waals surface area contributed by atoms with Crippen molar-refractivity contribution in [2.24, 2.45) is 0 Å². The van der Waals surface area contributed by atoms with Crippen LogP contribution in [0.4, 0.5) is 0 Å². The molecule has 3 aromatic rings. The van der Waals surface area contributed by atoms with Crippen molar-refractivity contribution in [2.45, 2.75) is 20.3 Å². The Morgan fingerprint density at radius 2 is 1.96 bits per heavy atom. The number of aryl methyl sites for hydroxylation is 2. The van der Waals surface area contributed by atoms with E-state index in [4.69, 9.17) is 9.15 Å². The fraction of sp³-hybridized carbons (Fsp3) is 0.250. The van der Waals surface area contributed by atoms with E-state index >= 15 is 0 Å². The molecule has 0 aliphatic carbocycles. The van der Waals surface area contributed by atoms with Gasteiger partial charge in [0.2, 0.25) is 0 Å². The molecule has 3 rings (SSSR count). The summed E-state index contributed by atoms with van der Waals surface area (Å²) in [6.07, 6.45) is 0.657. The Morgan fingerprint density at radius 3 is 2.75 bits per heavy atom. The van der Waals surface area contributed by atoms with Crippen LogP contribution in [0.5, 0.6) is 5.75 Å². The second-order valence-electron chi connectivity index (χ2n) is 5.91. The molecular weight excluding hydrogens is 302 g/mol. The van der Waals surface area contributed by atoms with Crippen molar-refractivity contribution in [1.29, 1.82) is 0 Å². The number of ether oxygens (including phenoxy) is 1. The number of rotatable bonds is 6. The fourth-order valence-electron chi connectivity index (χ4n) is 2.64. The molecule has 0 spiro atoms. The van der Waals surface area contributed by atoms with Crippen LogP contribution in [0.25, 0.3) is 11.0 Å². The van der Waals surface area contributed by atoms with Crippen LogP contribution >= 0.6 is 0 Å². The van der Waals surface area contributed by atoms with Crippen molar-refractivity contribution in [1.82, 2.24) is 5.32 Å². The van der Waals surface area contributed by atoms with Crippen LogP contribution in [0.3, 0.4) is 0 Å². The SMILES string of the molecule is Cc1ccc(OCC(=O)NCCc2cc3ccccc3o2)c(C)c1. The molecule has 4 heteroatoms. The Kier molecular flexibility index (Phi) is 4.85. The summed E-state index contributed by atoms with van der Waals surface area (Å²) in [4.78, 5) is 11.9. The Hall–Kier alpha value is -2.75. The summed E-state index contributed by atoms with van der Waals surface area (Å²) < 4.78 is 11.3. The van der Waals surface area contributed by atoms with Gasteiger partial charge in [-0.3, -0.25) is 4.79 Å². The molecule has 0 aliphatic rings. The van der Waals surface area contributed by atoms with Gasteiger partial charge in [-0.2, -0.15) is 0 Å². The van der Waals surface area contributed by atoms with Gasteiger partial charge in [0.1, 0.15) is 17.1 Å². The fourth-order valence-corrected chi connectivity index (χ4v) is 2.64. The quantitative estimate of drug-likeness (QED) is 0.751.